The van der Waals surface area contributed by atoms with Crippen molar-refractivity contribution in [3.63, 3.8) is 0 Å². The Hall–Kier alpha value is -5.53. The van der Waals surface area contributed by atoms with Gasteiger partial charge in [-0.3, -0.25) is 14.9 Å². The number of phenols is 1. The van der Waals surface area contributed by atoms with Crippen LogP contribution >= 0.6 is 0 Å². The average Bonchev–Trinajstić information content (AvgIpc) is 3.34. The monoisotopic (exact) mass is 536 g/mol. The Bertz CT molecular complexity index is 1710. The van der Waals surface area contributed by atoms with Crippen LogP contribution in [0.4, 0.5) is 24.5 Å². The van der Waals surface area contributed by atoms with Gasteiger partial charge in [0.15, 0.2) is 5.69 Å². The van der Waals surface area contributed by atoms with Gasteiger partial charge in [-0.1, -0.05) is 30.3 Å². The van der Waals surface area contributed by atoms with Gasteiger partial charge >= 0.3 is 6.18 Å². The summed E-state index contributed by atoms with van der Waals surface area (Å²) < 4.78 is 47.5. The van der Waals surface area contributed by atoms with Gasteiger partial charge in [0.25, 0.3) is 17.4 Å². The van der Waals surface area contributed by atoms with E-state index in [0.717, 1.165) is 18.2 Å². The van der Waals surface area contributed by atoms with Gasteiger partial charge in [-0.05, 0) is 30.3 Å². The van der Waals surface area contributed by atoms with Crippen LogP contribution in [-0.4, -0.2) is 35.5 Å². The standard InChI is InChI=1S/C25H15F3N6O5/c26-25(27,28)21-13-20(14-4-2-1-3-5-14)30-24-31-22(32-33(21)24)23(36)29-15-10-16(34(37)38)12-19(11-15)39-18-8-6-17(35)7-9-18/h1-13,35H,(H,29,36). The highest BCUT2D eigenvalue weighted by atomic mass is 19.4. The summed E-state index contributed by atoms with van der Waals surface area (Å²) in [5, 5.41) is 26.9. The van der Waals surface area contributed by atoms with E-state index in [1.807, 2.05) is 0 Å². The number of hydrogen-bond acceptors (Lipinski definition) is 8. The quantitative estimate of drug-likeness (QED) is 0.215. The fraction of sp³-hybridized carbons (Fsp3) is 0.0400. The molecule has 5 aromatic rings. The molecule has 39 heavy (non-hydrogen) atoms. The number of carbonyl (C=O) groups excluding carboxylic acids is 1. The van der Waals surface area contributed by atoms with Crippen molar-refractivity contribution in [3.05, 3.63) is 100 Å². The molecule has 0 bridgehead atoms. The first-order valence-corrected chi connectivity index (χ1v) is 11.0. The van der Waals surface area contributed by atoms with Crippen LogP contribution in [0.25, 0.3) is 17.0 Å². The highest BCUT2D eigenvalue weighted by Gasteiger charge is 2.36. The summed E-state index contributed by atoms with van der Waals surface area (Å²) in [5.74, 6) is -1.96. The molecule has 0 atom stereocenters. The Balaban J connectivity index is 1.49. The summed E-state index contributed by atoms with van der Waals surface area (Å²) in [6.45, 7) is 0. The molecule has 2 heterocycles. The van der Waals surface area contributed by atoms with Gasteiger partial charge in [-0.2, -0.15) is 22.7 Å². The second-order valence-corrected chi connectivity index (χ2v) is 8.06. The number of nitrogens with one attached hydrogen (secondary N) is 1. The predicted molar refractivity (Wildman–Crippen MR) is 130 cm³/mol. The lowest BCUT2D eigenvalue weighted by molar-refractivity contribution is -0.384. The first-order chi connectivity index (χ1) is 18.6. The molecule has 0 aliphatic carbocycles. The van der Waals surface area contributed by atoms with Crippen LogP contribution in [0.15, 0.2) is 78.9 Å². The zero-order valence-electron chi connectivity index (χ0n) is 19.5. The minimum Gasteiger partial charge on any atom is -0.508 e. The second-order valence-electron chi connectivity index (χ2n) is 8.06. The zero-order chi connectivity index (χ0) is 27.7. The number of aromatic nitrogens is 4. The molecule has 3 aromatic carbocycles. The SMILES string of the molecule is O=C(Nc1cc(Oc2ccc(O)cc2)cc([N+](=O)[O-])c1)c1nc2nc(-c3ccccc3)cc(C(F)(F)F)n2n1. The number of hydrogen-bond donors (Lipinski definition) is 2. The second kappa shape index (κ2) is 9.74. The van der Waals surface area contributed by atoms with E-state index in [9.17, 15) is 33.2 Å². The van der Waals surface area contributed by atoms with Gasteiger partial charge in [0, 0.05) is 17.7 Å². The van der Waals surface area contributed by atoms with E-state index in [0.29, 0.717) is 10.1 Å². The molecule has 2 aromatic heterocycles. The lowest BCUT2D eigenvalue weighted by Crippen LogP contribution is -2.16. The molecule has 0 spiro atoms. The number of halogens is 3. The van der Waals surface area contributed by atoms with Crippen LogP contribution in [0.3, 0.4) is 0 Å². The summed E-state index contributed by atoms with van der Waals surface area (Å²) in [5.41, 5.74) is -1.35. The van der Waals surface area contributed by atoms with Crippen molar-refractivity contribution in [2.75, 3.05) is 5.32 Å². The number of benzene rings is 3. The summed E-state index contributed by atoms with van der Waals surface area (Å²) in [7, 11) is 0. The van der Waals surface area contributed by atoms with Crippen LogP contribution in [0.5, 0.6) is 17.2 Å². The van der Waals surface area contributed by atoms with E-state index in [1.54, 1.807) is 30.3 Å². The molecule has 0 aliphatic rings. The highest BCUT2D eigenvalue weighted by Crippen LogP contribution is 2.33. The zero-order valence-corrected chi connectivity index (χ0v) is 19.5. The predicted octanol–water partition coefficient (Wildman–Crippen LogP) is 5.47. The molecule has 0 unspecified atom stereocenters. The van der Waals surface area contributed by atoms with Crippen molar-refractivity contribution in [1.82, 2.24) is 19.6 Å². The summed E-state index contributed by atoms with van der Waals surface area (Å²) in [6.07, 6.45) is -4.84. The van der Waals surface area contributed by atoms with Crippen molar-refractivity contribution >= 4 is 23.1 Å². The third kappa shape index (κ3) is 5.44. The molecule has 0 radical (unpaired) electrons. The Morgan fingerprint density at radius 2 is 1.69 bits per heavy atom. The minimum atomic E-state index is -4.84. The summed E-state index contributed by atoms with van der Waals surface area (Å²) >= 11 is 0. The van der Waals surface area contributed by atoms with Gasteiger partial charge < -0.3 is 15.2 Å². The third-order valence-corrected chi connectivity index (χ3v) is 5.31. The molecule has 1 amide bonds. The maximum absolute atomic E-state index is 13.8. The van der Waals surface area contributed by atoms with E-state index in [1.165, 1.54) is 30.3 Å². The molecular formula is C25H15F3N6O5. The van der Waals surface area contributed by atoms with Gasteiger partial charge in [0.1, 0.15) is 17.2 Å². The number of rotatable bonds is 6. The third-order valence-electron chi connectivity index (χ3n) is 5.31. The fourth-order valence-electron chi connectivity index (χ4n) is 3.58. The van der Waals surface area contributed by atoms with Crippen LogP contribution in [0, 0.1) is 10.1 Å². The topological polar surface area (TPSA) is 145 Å². The fourth-order valence-corrected chi connectivity index (χ4v) is 3.58. The molecule has 0 saturated heterocycles. The first kappa shape index (κ1) is 25.1. The molecule has 0 saturated carbocycles. The summed E-state index contributed by atoms with van der Waals surface area (Å²) in [4.78, 5) is 31.6. The maximum Gasteiger partial charge on any atom is 0.433 e. The van der Waals surface area contributed by atoms with E-state index >= 15 is 0 Å². The Kier molecular flexibility index (Phi) is 6.27. The van der Waals surface area contributed by atoms with Crippen LogP contribution in [0.2, 0.25) is 0 Å². The highest BCUT2D eigenvalue weighted by molar-refractivity contribution is 6.02. The molecule has 0 aliphatic heterocycles. The number of nitro groups is 1. The van der Waals surface area contributed by atoms with Crippen LogP contribution in [-0.2, 0) is 6.18 Å². The number of carbonyl (C=O) groups is 1. The molecule has 5 rings (SSSR count). The van der Waals surface area contributed by atoms with E-state index < -0.39 is 40.0 Å². The van der Waals surface area contributed by atoms with Crippen molar-refractivity contribution < 1.29 is 32.7 Å². The Morgan fingerprint density at radius 3 is 2.36 bits per heavy atom. The van der Waals surface area contributed by atoms with Crippen LogP contribution in [0.1, 0.15) is 16.3 Å². The Labute approximate surface area is 216 Å². The van der Waals surface area contributed by atoms with Crippen molar-refractivity contribution in [2.24, 2.45) is 0 Å². The number of fused-ring (bicyclic) bond motifs is 1. The normalized spacial score (nSPS) is 11.4. The van der Waals surface area contributed by atoms with Crippen molar-refractivity contribution in [1.29, 1.82) is 0 Å². The van der Waals surface area contributed by atoms with E-state index in [4.69, 9.17) is 4.74 Å². The van der Waals surface area contributed by atoms with Gasteiger partial charge in [-0.15, -0.1) is 5.10 Å². The first-order valence-electron chi connectivity index (χ1n) is 11.0. The molecule has 2 N–H and O–H groups in total. The minimum absolute atomic E-state index is 0.0200. The summed E-state index contributed by atoms with van der Waals surface area (Å²) in [6, 6.07) is 17.8. The molecule has 196 valence electrons. The van der Waals surface area contributed by atoms with E-state index in [-0.39, 0.29) is 28.6 Å². The van der Waals surface area contributed by atoms with Gasteiger partial charge in [-0.25, -0.2) is 4.98 Å². The smallest absolute Gasteiger partial charge is 0.433 e. The van der Waals surface area contributed by atoms with Crippen molar-refractivity contribution in [3.8, 4) is 28.5 Å². The average molecular weight is 536 g/mol. The number of ether oxygens (including phenoxy) is 1. The van der Waals surface area contributed by atoms with Gasteiger partial charge in [0.2, 0.25) is 5.82 Å². The lowest BCUT2D eigenvalue weighted by atomic mass is 10.1. The molecule has 11 nitrogen and oxygen atoms in total. The number of alkyl halides is 3. The number of nitrogens with zero attached hydrogens (tertiary/aromatic N) is 5. The number of nitro benzene ring substituents is 1. The molecular weight excluding hydrogens is 521 g/mol. The number of aromatic hydroxyl groups is 1. The number of non-ortho nitro benzene ring substituents is 1. The number of anilines is 1. The van der Waals surface area contributed by atoms with Gasteiger partial charge in [0.05, 0.1) is 22.4 Å². The van der Waals surface area contributed by atoms with Crippen molar-refractivity contribution in [2.45, 2.75) is 6.18 Å². The number of amides is 1. The van der Waals surface area contributed by atoms with E-state index in [2.05, 4.69) is 20.4 Å². The van der Waals surface area contributed by atoms with Crippen LogP contribution < -0.4 is 10.1 Å². The largest absolute Gasteiger partial charge is 0.508 e. The number of phenolic OH excluding ortho intramolecular Hbond substituents is 1. The lowest BCUT2D eigenvalue weighted by Gasteiger charge is -2.10. The maximum atomic E-state index is 13.8. The Morgan fingerprint density at radius 1 is 0.974 bits per heavy atom. The molecule has 0 fully saturated rings. The molecule has 14 heteroatoms.